The first-order valence-corrected chi connectivity index (χ1v) is 9.92. The van der Waals surface area contributed by atoms with Crippen molar-refractivity contribution in [2.24, 2.45) is 0 Å². The van der Waals surface area contributed by atoms with Gasteiger partial charge in [0.1, 0.15) is 17.3 Å². The summed E-state index contributed by atoms with van der Waals surface area (Å²) in [6.45, 7) is 0.729. The number of ether oxygens (including phenoxy) is 1. The fraction of sp³-hybridized carbons (Fsp3) is 0.435. The number of fused-ring (bicyclic) bond motifs is 4. The quantitative estimate of drug-likeness (QED) is 0.811. The van der Waals surface area contributed by atoms with Gasteiger partial charge in [0.05, 0.1) is 6.54 Å². The highest BCUT2D eigenvalue weighted by molar-refractivity contribution is 5.94. The number of hydrogen-bond acceptors (Lipinski definition) is 2. The Balaban J connectivity index is 1.66. The molecule has 0 spiro atoms. The first-order valence-electron chi connectivity index (χ1n) is 9.92. The van der Waals surface area contributed by atoms with Crippen LogP contribution in [0.2, 0.25) is 0 Å². The Morgan fingerprint density at radius 1 is 0.923 bits per heavy atom. The third-order valence-corrected chi connectivity index (χ3v) is 6.48. The van der Waals surface area contributed by atoms with Crippen molar-refractivity contribution in [2.45, 2.75) is 56.1 Å². The molecule has 2 aliphatic heterocycles. The monoisotopic (exact) mass is 347 g/mol. The van der Waals surface area contributed by atoms with Gasteiger partial charge in [-0.3, -0.25) is 4.79 Å². The number of amides is 1. The van der Waals surface area contributed by atoms with Gasteiger partial charge in [-0.25, -0.2) is 0 Å². The molecule has 2 unspecified atom stereocenters. The van der Waals surface area contributed by atoms with Crippen LogP contribution in [0, 0.1) is 0 Å². The van der Waals surface area contributed by atoms with E-state index in [0.717, 1.165) is 42.7 Å². The number of hydrogen-bond donors (Lipinski definition) is 0. The average Bonchev–Trinajstić information content (AvgIpc) is 2.71. The smallest absolute Gasteiger partial charge is 0.238 e. The zero-order valence-electron chi connectivity index (χ0n) is 15.1. The summed E-state index contributed by atoms with van der Waals surface area (Å²) in [5.74, 6) is 1.16. The average molecular weight is 347 g/mol. The summed E-state index contributed by atoms with van der Waals surface area (Å²) in [6.07, 6.45) is 6.84. The van der Waals surface area contributed by atoms with Crippen molar-refractivity contribution in [2.75, 3.05) is 6.54 Å². The van der Waals surface area contributed by atoms with E-state index >= 15 is 0 Å². The number of carbonyl (C=O) groups is 1. The van der Waals surface area contributed by atoms with Crippen LogP contribution in [0.15, 0.2) is 54.6 Å². The topological polar surface area (TPSA) is 29.5 Å². The van der Waals surface area contributed by atoms with Gasteiger partial charge in [0, 0.05) is 18.0 Å². The number of rotatable bonds is 2. The van der Waals surface area contributed by atoms with Crippen molar-refractivity contribution in [1.29, 1.82) is 0 Å². The molecule has 134 valence electrons. The van der Waals surface area contributed by atoms with Gasteiger partial charge in [-0.1, -0.05) is 67.8 Å². The second kappa shape index (κ2) is 6.15. The molecule has 1 aliphatic carbocycles. The van der Waals surface area contributed by atoms with Crippen LogP contribution in [0.5, 0.6) is 5.75 Å². The number of benzene rings is 2. The summed E-state index contributed by atoms with van der Waals surface area (Å²) >= 11 is 0. The van der Waals surface area contributed by atoms with E-state index < -0.39 is 5.41 Å². The molecule has 3 heteroatoms. The van der Waals surface area contributed by atoms with Gasteiger partial charge in [0.25, 0.3) is 0 Å². The molecule has 2 fully saturated rings. The Hall–Kier alpha value is -2.29. The number of nitrogens with zero attached hydrogens (tertiary/aromatic N) is 1. The van der Waals surface area contributed by atoms with Gasteiger partial charge in [-0.2, -0.15) is 0 Å². The summed E-state index contributed by atoms with van der Waals surface area (Å²) in [5.41, 5.74) is 1.54. The van der Waals surface area contributed by atoms with Crippen molar-refractivity contribution < 1.29 is 9.53 Å². The molecular weight excluding hydrogens is 322 g/mol. The minimum absolute atomic E-state index is 0.0738. The van der Waals surface area contributed by atoms with Crippen LogP contribution in [-0.4, -0.2) is 29.5 Å². The lowest BCUT2D eigenvalue weighted by Gasteiger charge is -2.51. The van der Waals surface area contributed by atoms with Crippen LogP contribution >= 0.6 is 0 Å². The molecule has 2 heterocycles. The Kier molecular flexibility index (Phi) is 3.77. The van der Waals surface area contributed by atoms with Crippen LogP contribution in [0.3, 0.4) is 0 Å². The van der Waals surface area contributed by atoms with Crippen LogP contribution in [0.4, 0.5) is 0 Å². The predicted octanol–water partition coefficient (Wildman–Crippen LogP) is 4.30. The highest BCUT2D eigenvalue weighted by atomic mass is 16.5. The summed E-state index contributed by atoms with van der Waals surface area (Å²) < 4.78 is 6.32. The molecule has 2 atom stereocenters. The van der Waals surface area contributed by atoms with Crippen LogP contribution in [-0.2, 0) is 10.2 Å². The molecule has 1 saturated carbocycles. The van der Waals surface area contributed by atoms with E-state index in [-0.39, 0.29) is 12.0 Å². The second-order valence-electron chi connectivity index (χ2n) is 7.96. The lowest BCUT2D eigenvalue weighted by atomic mass is 9.65. The van der Waals surface area contributed by atoms with Gasteiger partial charge < -0.3 is 9.64 Å². The first kappa shape index (κ1) is 15.9. The number of likely N-dealkylation sites (tertiary alicyclic amines) is 1. The van der Waals surface area contributed by atoms with Crippen molar-refractivity contribution in [3.05, 3.63) is 65.7 Å². The molecule has 5 rings (SSSR count). The molecule has 2 bridgehead atoms. The molecule has 1 saturated heterocycles. The van der Waals surface area contributed by atoms with Crippen LogP contribution in [0.25, 0.3) is 0 Å². The minimum Gasteiger partial charge on any atom is -0.488 e. The van der Waals surface area contributed by atoms with E-state index in [0.29, 0.717) is 6.04 Å². The standard InChI is InChI=1S/C23H25NO2/c25-22-23(17-9-3-1-4-10-17)15-19(26-21-14-8-7-13-20(21)23)16-24(22)18-11-5-2-6-12-18/h1,3-4,7-10,13-14,18-19H,2,5-6,11-12,15-16H2. The normalized spacial score (nSPS) is 28.4. The molecule has 3 nitrogen and oxygen atoms in total. The maximum absolute atomic E-state index is 14.0. The van der Waals surface area contributed by atoms with Gasteiger partial charge in [-0.05, 0) is 24.5 Å². The largest absolute Gasteiger partial charge is 0.488 e. The van der Waals surface area contributed by atoms with E-state index in [1.165, 1.54) is 19.3 Å². The molecule has 2 aromatic rings. The molecule has 0 aromatic heterocycles. The minimum atomic E-state index is -0.601. The number of carbonyl (C=O) groups excluding carboxylic acids is 1. The Morgan fingerprint density at radius 3 is 2.46 bits per heavy atom. The van der Waals surface area contributed by atoms with Gasteiger partial charge in [0.15, 0.2) is 0 Å². The van der Waals surface area contributed by atoms with Crippen LogP contribution in [0.1, 0.15) is 49.7 Å². The van der Waals surface area contributed by atoms with Crippen molar-refractivity contribution in [3.63, 3.8) is 0 Å². The molecule has 26 heavy (non-hydrogen) atoms. The summed E-state index contributed by atoms with van der Waals surface area (Å²) in [5, 5.41) is 0. The summed E-state index contributed by atoms with van der Waals surface area (Å²) in [7, 11) is 0. The molecule has 1 amide bonds. The van der Waals surface area contributed by atoms with Gasteiger partial charge >= 0.3 is 0 Å². The fourth-order valence-electron chi connectivity index (χ4n) is 5.27. The first-order chi connectivity index (χ1) is 12.8. The molecule has 0 N–H and O–H groups in total. The van der Waals surface area contributed by atoms with E-state index in [1.807, 2.05) is 36.4 Å². The highest BCUT2D eigenvalue weighted by Crippen LogP contribution is 2.50. The van der Waals surface area contributed by atoms with E-state index in [2.05, 4.69) is 23.1 Å². The van der Waals surface area contributed by atoms with Crippen molar-refractivity contribution >= 4 is 5.91 Å². The highest BCUT2D eigenvalue weighted by Gasteiger charge is 2.55. The van der Waals surface area contributed by atoms with E-state index in [4.69, 9.17) is 4.74 Å². The van der Waals surface area contributed by atoms with Gasteiger partial charge in [-0.15, -0.1) is 0 Å². The molecular formula is C23H25NO2. The molecule has 2 aromatic carbocycles. The molecule has 3 aliphatic rings. The number of para-hydroxylation sites is 1. The maximum Gasteiger partial charge on any atom is 0.238 e. The lowest BCUT2D eigenvalue weighted by molar-refractivity contribution is -0.148. The Bertz CT molecular complexity index is 812. The SMILES string of the molecule is O=C1N(C2CCCCC2)CC2CC1(c1ccccc1)c1ccccc1O2. The van der Waals surface area contributed by atoms with Gasteiger partial charge in [0.2, 0.25) is 5.91 Å². The summed E-state index contributed by atoms with van der Waals surface area (Å²) in [6, 6.07) is 18.8. The Morgan fingerprint density at radius 2 is 1.65 bits per heavy atom. The van der Waals surface area contributed by atoms with E-state index in [1.54, 1.807) is 0 Å². The Labute approximate surface area is 155 Å². The third kappa shape index (κ3) is 2.29. The maximum atomic E-state index is 14.0. The third-order valence-electron chi connectivity index (χ3n) is 6.48. The van der Waals surface area contributed by atoms with Crippen molar-refractivity contribution in [3.8, 4) is 5.75 Å². The fourth-order valence-corrected chi connectivity index (χ4v) is 5.27. The number of piperidine rings is 1. The van der Waals surface area contributed by atoms with E-state index in [9.17, 15) is 4.79 Å². The zero-order chi connectivity index (χ0) is 17.6. The lowest BCUT2D eigenvalue weighted by Crippen LogP contribution is -2.62. The predicted molar refractivity (Wildman–Crippen MR) is 101 cm³/mol. The van der Waals surface area contributed by atoms with Crippen LogP contribution < -0.4 is 4.74 Å². The second-order valence-corrected chi connectivity index (χ2v) is 7.96. The molecule has 0 radical (unpaired) electrons. The zero-order valence-corrected chi connectivity index (χ0v) is 15.1. The summed E-state index contributed by atoms with van der Waals surface area (Å²) in [4.78, 5) is 16.2. The van der Waals surface area contributed by atoms with Crippen molar-refractivity contribution in [1.82, 2.24) is 4.90 Å².